The average Bonchev–Trinajstić information content (AvgIpc) is 3.37. The number of nitrogen functional groups attached to an aromatic ring is 1. The molecule has 1 unspecified atom stereocenters. The van der Waals surface area contributed by atoms with E-state index in [2.05, 4.69) is 68.4 Å². The molecule has 1 aliphatic rings. The van der Waals surface area contributed by atoms with Crippen LogP contribution < -0.4 is 27.0 Å². The minimum absolute atomic E-state index is 0.0953. The predicted molar refractivity (Wildman–Crippen MR) is 191 cm³/mol. The van der Waals surface area contributed by atoms with Crippen molar-refractivity contribution in [2.24, 2.45) is 5.50 Å². The summed E-state index contributed by atoms with van der Waals surface area (Å²) >= 11 is 0. The molecule has 0 radical (unpaired) electrons. The largest absolute Gasteiger partial charge is 0.497 e. The van der Waals surface area contributed by atoms with Gasteiger partial charge in [0.1, 0.15) is 29.9 Å². The maximum Gasteiger partial charge on any atom is 0.351 e. The van der Waals surface area contributed by atoms with Gasteiger partial charge in [0.15, 0.2) is 14.5 Å². The highest BCUT2D eigenvalue weighted by molar-refractivity contribution is 7.43. The normalized spacial score (nSPS) is 20.8. The van der Waals surface area contributed by atoms with E-state index < -0.39 is 52.6 Å². The van der Waals surface area contributed by atoms with Crippen LogP contribution in [-0.2, 0) is 19.2 Å². The standard InChI is InChI=1S/C35H46N5O6PSi/c1-34(2,3)48(5,6)46-31-30(45-47(37)42)28(44-32(31)40-22-21-29(36)39-33(40)41)23-38-35(24-13-9-7-10-14-24,25-15-11-8-12-16-25)26-17-19-27(43-4)20-18-26/h7-22,28,30-32,38,42H,23,37H2,1-6H3,(H2,36,39,41)/t28-,30-,31-,32-,47?/m1/s1. The Labute approximate surface area is 284 Å². The van der Waals surface area contributed by atoms with Crippen LogP contribution in [0.5, 0.6) is 5.75 Å². The Bertz CT molecular complexity index is 1660. The molecule has 1 aliphatic heterocycles. The lowest BCUT2D eigenvalue weighted by Gasteiger charge is -2.41. The first-order valence-electron chi connectivity index (χ1n) is 15.9. The lowest BCUT2D eigenvalue weighted by molar-refractivity contribution is -0.0367. The monoisotopic (exact) mass is 691 g/mol. The lowest BCUT2D eigenvalue weighted by Crippen LogP contribution is -2.52. The number of aromatic nitrogens is 2. The molecule has 11 nitrogen and oxygen atoms in total. The van der Waals surface area contributed by atoms with Gasteiger partial charge in [0.2, 0.25) is 0 Å². The van der Waals surface area contributed by atoms with Crippen LogP contribution in [0.3, 0.4) is 0 Å². The zero-order chi connectivity index (χ0) is 34.7. The summed E-state index contributed by atoms with van der Waals surface area (Å²) in [6.07, 6.45) is -1.76. The number of nitrogens with one attached hydrogen (secondary N) is 1. The fraction of sp³-hybridized carbons (Fsp3) is 0.371. The van der Waals surface area contributed by atoms with Gasteiger partial charge >= 0.3 is 5.69 Å². The van der Waals surface area contributed by atoms with Crippen LogP contribution in [0.15, 0.2) is 102 Å². The molecular weight excluding hydrogens is 645 g/mol. The second kappa shape index (κ2) is 14.6. The maximum absolute atomic E-state index is 13.2. The van der Waals surface area contributed by atoms with E-state index in [1.165, 1.54) is 10.6 Å². The summed E-state index contributed by atoms with van der Waals surface area (Å²) in [6.45, 7) is 10.8. The number of hydrogen-bond acceptors (Lipinski definition) is 10. The third kappa shape index (κ3) is 7.41. The fourth-order valence-corrected chi connectivity index (χ4v) is 7.68. The molecule has 256 valence electrons. The summed E-state index contributed by atoms with van der Waals surface area (Å²) in [7, 11) is -3.17. The van der Waals surface area contributed by atoms with E-state index in [9.17, 15) is 9.69 Å². The van der Waals surface area contributed by atoms with Gasteiger partial charge in [0.25, 0.3) is 8.53 Å². The van der Waals surface area contributed by atoms with E-state index in [1.807, 2.05) is 60.7 Å². The molecule has 2 heterocycles. The Hall–Kier alpha value is -3.45. The number of benzene rings is 3. The molecule has 4 aromatic rings. The molecule has 0 amide bonds. The third-order valence-electron chi connectivity index (χ3n) is 9.38. The molecule has 0 spiro atoms. The minimum atomic E-state index is -2.49. The van der Waals surface area contributed by atoms with Gasteiger partial charge in [-0.05, 0) is 53.0 Å². The third-order valence-corrected chi connectivity index (χ3v) is 14.3. The molecule has 5 rings (SSSR count). The van der Waals surface area contributed by atoms with E-state index in [4.69, 9.17) is 29.7 Å². The van der Waals surface area contributed by atoms with Crippen LogP contribution in [0.1, 0.15) is 43.7 Å². The zero-order valence-corrected chi connectivity index (χ0v) is 30.1. The van der Waals surface area contributed by atoms with Gasteiger partial charge in [0.05, 0.1) is 12.6 Å². The molecule has 13 heteroatoms. The highest BCUT2D eigenvalue weighted by Crippen LogP contribution is 2.45. The first-order chi connectivity index (χ1) is 22.8. The summed E-state index contributed by atoms with van der Waals surface area (Å²) in [4.78, 5) is 27.6. The Kier molecular flexibility index (Phi) is 10.9. The highest BCUT2D eigenvalue weighted by Gasteiger charge is 2.53. The molecule has 1 saturated heterocycles. The average molecular weight is 692 g/mol. The number of nitrogens with two attached hydrogens (primary N) is 2. The number of hydrogen-bond donors (Lipinski definition) is 4. The molecular formula is C35H46N5O6PSi. The molecule has 5 atom stereocenters. The van der Waals surface area contributed by atoms with Crippen LogP contribution in [0, 0.1) is 0 Å². The van der Waals surface area contributed by atoms with Crippen molar-refractivity contribution in [2.75, 3.05) is 19.4 Å². The van der Waals surface area contributed by atoms with Crippen molar-refractivity contribution in [1.29, 1.82) is 0 Å². The second-order valence-corrected chi connectivity index (χ2v) is 19.0. The van der Waals surface area contributed by atoms with Crippen molar-refractivity contribution in [3.05, 3.63) is 124 Å². The minimum Gasteiger partial charge on any atom is -0.497 e. The number of rotatable bonds is 12. The number of anilines is 1. The van der Waals surface area contributed by atoms with Crippen LogP contribution in [-0.4, -0.2) is 54.7 Å². The molecule has 1 fully saturated rings. The zero-order valence-electron chi connectivity index (χ0n) is 28.2. The Morgan fingerprint density at radius 2 is 1.50 bits per heavy atom. The van der Waals surface area contributed by atoms with Crippen molar-refractivity contribution in [3.63, 3.8) is 0 Å². The summed E-state index contributed by atoms with van der Waals surface area (Å²) in [5.41, 5.74) is 13.3. The van der Waals surface area contributed by atoms with Gasteiger partial charge in [-0.25, -0.2) is 4.79 Å². The van der Waals surface area contributed by atoms with Crippen molar-refractivity contribution in [3.8, 4) is 5.75 Å². The van der Waals surface area contributed by atoms with E-state index in [0.29, 0.717) is 0 Å². The van der Waals surface area contributed by atoms with Crippen molar-refractivity contribution >= 4 is 22.7 Å². The van der Waals surface area contributed by atoms with Gasteiger partial charge in [-0.1, -0.05) is 93.6 Å². The maximum atomic E-state index is 13.2. The topological polar surface area (TPSA) is 156 Å². The summed E-state index contributed by atoms with van der Waals surface area (Å²) in [6, 6.07) is 29.8. The van der Waals surface area contributed by atoms with Crippen molar-refractivity contribution < 1.29 is 23.3 Å². The van der Waals surface area contributed by atoms with E-state index >= 15 is 0 Å². The van der Waals surface area contributed by atoms with Crippen LogP contribution in [0.2, 0.25) is 18.1 Å². The van der Waals surface area contributed by atoms with Crippen molar-refractivity contribution in [1.82, 2.24) is 14.9 Å². The van der Waals surface area contributed by atoms with Crippen LogP contribution >= 0.6 is 8.53 Å². The molecule has 3 aromatic carbocycles. The molecule has 0 bridgehead atoms. The Morgan fingerprint density at radius 1 is 0.938 bits per heavy atom. The molecule has 48 heavy (non-hydrogen) atoms. The quantitative estimate of drug-likeness (QED) is 0.0878. The Balaban J connectivity index is 1.63. The number of nitrogens with zero attached hydrogens (tertiary/aromatic N) is 2. The van der Waals surface area contributed by atoms with E-state index in [-0.39, 0.29) is 17.4 Å². The highest BCUT2D eigenvalue weighted by atomic mass is 31.2. The molecule has 6 N–H and O–H groups in total. The number of ether oxygens (including phenoxy) is 2. The first-order valence-corrected chi connectivity index (χ1v) is 20.0. The van der Waals surface area contributed by atoms with Crippen LogP contribution in [0.25, 0.3) is 0 Å². The summed E-state index contributed by atoms with van der Waals surface area (Å²) in [5.74, 6) is 0.828. The lowest BCUT2D eigenvalue weighted by atomic mass is 9.76. The van der Waals surface area contributed by atoms with E-state index in [0.717, 1.165) is 22.4 Å². The van der Waals surface area contributed by atoms with Gasteiger partial charge in [-0.3, -0.25) is 15.4 Å². The Morgan fingerprint density at radius 3 is 2.00 bits per heavy atom. The SMILES string of the molecule is COc1ccc(C(NC[C@H]2O[C@@H](n3ccc(N)nc3=O)[C@H](O[Si](C)(C)C(C)(C)C)[C@@H]2OP(N)O)(c2ccccc2)c2ccccc2)cc1. The second-order valence-electron chi connectivity index (χ2n) is 13.4. The van der Waals surface area contributed by atoms with Crippen molar-refractivity contribution in [2.45, 2.75) is 69.0 Å². The van der Waals surface area contributed by atoms with Crippen LogP contribution in [0.4, 0.5) is 5.82 Å². The molecule has 1 aromatic heterocycles. The van der Waals surface area contributed by atoms with Gasteiger partial charge in [-0.2, -0.15) is 4.98 Å². The summed E-state index contributed by atoms with van der Waals surface area (Å²) in [5, 5.41) is 3.66. The smallest absolute Gasteiger partial charge is 0.351 e. The van der Waals surface area contributed by atoms with Gasteiger partial charge in [0, 0.05) is 12.7 Å². The fourth-order valence-electron chi connectivity index (χ4n) is 5.89. The predicted octanol–water partition coefficient (Wildman–Crippen LogP) is 5.27. The van der Waals surface area contributed by atoms with Gasteiger partial charge < -0.3 is 29.1 Å². The van der Waals surface area contributed by atoms with E-state index in [1.54, 1.807) is 13.3 Å². The van der Waals surface area contributed by atoms with Gasteiger partial charge in [-0.15, -0.1) is 0 Å². The first kappa shape index (κ1) is 35.8. The summed E-state index contributed by atoms with van der Waals surface area (Å²) < 4.78 is 26.6. The number of methoxy groups -OCH3 is 1. The molecule has 0 saturated carbocycles. The molecule has 0 aliphatic carbocycles.